The Morgan fingerprint density at radius 2 is 1.61 bits per heavy atom. The van der Waals surface area contributed by atoms with Gasteiger partial charge in [0, 0.05) is 18.7 Å². The van der Waals surface area contributed by atoms with Crippen LogP contribution in [0.15, 0.2) is 48.5 Å². The number of ether oxygens (including phenoxy) is 1. The fourth-order valence-corrected chi connectivity index (χ4v) is 3.34. The minimum atomic E-state index is -0.729. The van der Waals surface area contributed by atoms with Crippen molar-refractivity contribution in [3.63, 3.8) is 0 Å². The second kappa shape index (κ2) is 6.88. The number of esters is 1. The number of carbonyl (C=O) groups is 4. The Morgan fingerprint density at radius 3 is 2.21 bits per heavy atom. The zero-order valence-electron chi connectivity index (χ0n) is 14.6. The number of anilines is 1. The minimum Gasteiger partial charge on any atom is -0.443 e. The Kier molecular flexibility index (Phi) is 4.38. The molecule has 4 rings (SSSR count). The Balaban J connectivity index is 1.39. The number of carbonyl (C=O) groups excluding carboxylic acids is 4. The topological polar surface area (TPSA) is 84.0 Å². The molecule has 0 spiro atoms. The third-order valence-electron chi connectivity index (χ3n) is 4.81. The number of fused-ring (bicyclic) bond motifs is 1. The monoisotopic (exact) mass is 382 g/mol. The van der Waals surface area contributed by atoms with E-state index < -0.39 is 36.2 Å². The van der Waals surface area contributed by atoms with Crippen LogP contribution >= 0.6 is 0 Å². The number of imide groups is 1. The summed E-state index contributed by atoms with van der Waals surface area (Å²) in [5.41, 5.74) is 1.02. The van der Waals surface area contributed by atoms with Gasteiger partial charge in [0.25, 0.3) is 11.8 Å². The van der Waals surface area contributed by atoms with Crippen molar-refractivity contribution in [2.45, 2.75) is 6.42 Å². The number of benzene rings is 2. The van der Waals surface area contributed by atoms with Crippen LogP contribution in [-0.4, -0.2) is 41.9 Å². The summed E-state index contributed by atoms with van der Waals surface area (Å²) in [5.74, 6) is -3.16. The molecule has 1 atom stereocenters. The van der Waals surface area contributed by atoms with E-state index in [1.54, 1.807) is 12.1 Å². The smallest absolute Gasteiger partial charge is 0.313 e. The molecule has 0 saturated carbocycles. The van der Waals surface area contributed by atoms with Crippen molar-refractivity contribution in [2.75, 3.05) is 18.2 Å². The van der Waals surface area contributed by atoms with Gasteiger partial charge in [0.2, 0.25) is 5.91 Å². The van der Waals surface area contributed by atoms with Crippen molar-refractivity contribution in [3.8, 4) is 0 Å². The summed E-state index contributed by atoms with van der Waals surface area (Å²) in [5, 5.41) is 0. The van der Waals surface area contributed by atoms with Crippen LogP contribution < -0.4 is 4.90 Å². The predicted molar refractivity (Wildman–Crippen MR) is 94.8 cm³/mol. The largest absolute Gasteiger partial charge is 0.443 e. The van der Waals surface area contributed by atoms with Crippen molar-refractivity contribution in [2.24, 2.45) is 5.92 Å². The minimum absolute atomic E-state index is 0.0572. The van der Waals surface area contributed by atoms with Gasteiger partial charge >= 0.3 is 5.97 Å². The van der Waals surface area contributed by atoms with Crippen molar-refractivity contribution in [1.82, 2.24) is 4.90 Å². The van der Waals surface area contributed by atoms with Crippen LogP contribution in [0.2, 0.25) is 0 Å². The molecule has 2 aromatic carbocycles. The average molecular weight is 382 g/mol. The van der Waals surface area contributed by atoms with E-state index in [9.17, 15) is 23.6 Å². The van der Waals surface area contributed by atoms with Crippen molar-refractivity contribution in [1.29, 1.82) is 0 Å². The van der Waals surface area contributed by atoms with Gasteiger partial charge in [-0.15, -0.1) is 0 Å². The molecule has 2 aromatic rings. The lowest BCUT2D eigenvalue weighted by atomic mass is 10.1. The number of halogens is 1. The van der Waals surface area contributed by atoms with Gasteiger partial charge in [0.1, 0.15) is 5.82 Å². The molecule has 2 aliphatic heterocycles. The van der Waals surface area contributed by atoms with E-state index in [0.29, 0.717) is 5.69 Å². The van der Waals surface area contributed by atoms with Crippen LogP contribution in [0.5, 0.6) is 0 Å². The molecule has 7 nitrogen and oxygen atoms in total. The summed E-state index contributed by atoms with van der Waals surface area (Å²) in [6.45, 7) is -0.419. The first-order valence-electron chi connectivity index (χ1n) is 8.63. The van der Waals surface area contributed by atoms with Crippen molar-refractivity contribution >= 4 is 29.4 Å². The lowest BCUT2D eigenvalue weighted by molar-refractivity contribution is -0.151. The van der Waals surface area contributed by atoms with E-state index in [0.717, 1.165) is 4.90 Å². The number of hydrogen-bond donors (Lipinski definition) is 0. The molecule has 0 unspecified atom stereocenters. The number of nitrogens with zero attached hydrogens (tertiary/aromatic N) is 2. The highest BCUT2D eigenvalue weighted by Crippen LogP contribution is 2.27. The Labute approximate surface area is 159 Å². The normalized spacial score (nSPS) is 18.6. The molecule has 0 aliphatic carbocycles. The fourth-order valence-electron chi connectivity index (χ4n) is 3.34. The van der Waals surface area contributed by atoms with Crippen LogP contribution in [0.4, 0.5) is 10.1 Å². The molecule has 0 bridgehead atoms. The standard InChI is InChI=1S/C20H15FN2O5/c21-13-5-7-14(8-6-13)22-10-12(9-17(22)24)20(27)28-11-23-18(25)15-3-1-2-4-16(15)19(23)26/h1-8,12H,9-11H2/t12-/m0/s1. The van der Waals surface area contributed by atoms with E-state index in [1.165, 1.54) is 41.3 Å². The molecule has 0 N–H and O–H groups in total. The molecule has 0 aromatic heterocycles. The van der Waals surface area contributed by atoms with E-state index in [-0.39, 0.29) is 30.0 Å². The van der Waals surface area contributed by atoms with Gasteiger partial charge in [-0.1, -0.05) is 12.1 Å². The summed E-state index contributed by atoms with van der Waals surface area (Å²) in [6, 6.07) is 11.7. The van der Waals surface area contributed by atoms with Crippen LogP contribution in [0, 0.1) is 11.7 Å². The predicted octanol–water partition coefficient (Wildman–Crippen LogP) is 1.98. The zero-order valence-corrected chi connectivity index (χ0v) is 14.6. The van der Waals surface area contributed by atoms with Gasteiger partial charge in [-0.25, -0.2) is 9.29 Å². The van der Waals surface area contributed by atoms with E-state index in [1.807, 2.05) is 0 Å². The van der Waals surface area contributed by atoms with E-state index in [2.05, 4.69) is 0 Å². The number of hydrogen-bond acceptors (Lipinski definition) is 5. The first-order valence-corrected chi connectivity index (χ1v) is 8.63. The van der Waals surface area contributed by atoms with Gasteiger partial charge in [-0.05, 0) is 36.4 Å². The lowest BCUT2D eigenvalue weighted by Crippen LogP contribution is -2.35. The highest BCUT2D eigenvalue weighted by atomic mass is 19.1. The van der Waals surface area contributed by atoms with Gasteiger partial charge in [0.05, 0.1) is 17.0 Å². The second-order valence-electron chi connectivity index (χ2n) is 6.56. The maximum atomic E-state index is 13.0. The van der Waals surface area contributed by atoms with E-state index in [4.69, 9.17) is 4.74 Å². The number of rotatable bonds is 4. The van der Waals surface area contributed by atoms with Crippen molar-refractivity contribution < 1.29 is 28.3 Å². The molecule has 28 heavy (non-hydrogen) atoms. The molecule has 1 fully saturated rings. The Morgan fingerprint density at radius 1 is 1.00 bits per heavy atom. The molecule has 3 amide bonds. The van der Waals surface area contributed by atoms with Crippen LogP contribution in [0.1, 0.15) is 27.1 Å². The highest BCUT2D eigenvalue weighted by Gasteiger charge is 2.39. The maximum Gasteiger partial charge on any atom is 0.313 e. The molecule has 2 heterocycles. The van der Waals surface area contributed by atoms with E-state index >= 15 is 0 Å². The third kappa shape index (κ3) is 3.02. The Bertz CT molecular complexity index is 953. The first kappa shape index (κ1) is 17.8. The molecular weight excluding hydrogens is 367 g/mol. The third-order valence-corrected chi connectivity index (χ3v) is 4.81. The summed E-state index contributed by atoms with van der Waals surface area (Å²) in [6.07, 6.45) is -0.0572. The van der Waals surface area contributed by atoms with Crippen LogP contribution in [0.3, 0.4) is 0 Å². The highest BCUT2D eigenvalue weighted by molar-refractivity contribution is 6.21. The fraction of sp³-hybridized carbons (Fsp3) is 0.200. The summed E-state index contributed by atoms with van der Waals surface area (Å²) in [7, 11) is 0. The molecule has 0 radical (unpaired) electrons. The molecular formula is C20H15FN2O5. The molecule has 1 saturated heterocycles. The van der Waals surface area contributed by atoms with Crippen molar-refractivity contribution in [3.05, 3.63) is 65.5 Å². The summed E-state index contributed by atoms with van der Waals surface area (Å²) < 4.78 is 18.2. The lowest BCUT2D eigenvalue weighted by Gasteiger charge is -2.17. The average Bonchev–Trinajstić information content (AvgIpc) is 3.20. The second-order valence-corrected chi connectivity index (χ2v) is 6.56. The van der Waals surface area contributed by atoms with Gasteiger partial charge in [-0.3, -0.25) is 19.2 Å². The first-order chi connectivity index (χ1) is 13.5. The summed E-state index contributed by atoms with van der Waals surface area (Å²) >= 11 is 0. The van der Waals surface area contributed by atoms with Gasteiger partial charge in [0.15, 0.2) is 6.73 Å². The van der Waals surface area contributed by atoms with Crippen LogP contribution in [-0.2, 0) is 14.3 Å². The van der Waals surface area contributed by atoms with Gasteiger partial charge < -0.3 is 9.64 Å². The maximum absolute atomic E-state index is 13.0. The quantitative estimate of drug-likeness (QED) is 0.596. The Hall–Kier alpha value is -3.55. The van der Waals surface area contributed by atoms with Crippen LogP contribution in [0.25, 0.3) is 0 Å². The molecule has 2 aliphatic rings. The van der Waals surface area contributed by atoms with Gasteiger partial charge in [-0.2, -0.15) is 0 Å². The number of amides is 3. The zero-order chi connectivity index (χ0) is 19.8. The summed E-state index contributed by atoms with van der Waals surface area (Å²) in [4.78, 5) is 51.3. The molecule has 8 heteroatoms. The SMILES string of the molecule is O=C(OCN1C(=O)c2ccccc2C1=O)[C@H]1CC(=O)N(c2ccc(F)cc2)C1. The molecule has 142 valence electrons.